The number of aliphatic hydroxyl groups is 7. The van der Waals surface area contributed by atoms with E-state index in [1.54, 1.807) is 0 Å². The molecule has 1 fully saturated rings. The fourth-order valence-electron chi connectivity index (χ4n) is 10.4. The average Bonchev–Trinajstić information content (AvgIpc) is 3.46. The Balaban J connectivity index is 2.18. The number of allylic oxidation sites excluding steroid dienone is 10. The van der Waals surface area contributed by atoms with Crippen molar-refractivity contribution in [2.45, 2.75) is 351 Å². The zero-order valence-corrected chi connectivity index (χ0v) is 50.9. The van der Waals surface area contributed by atoms with Crippen molar-refractivity contribution in [3.8, 4) is 0 Å². The lowest BCUT2D eigenvalue weighted by atomic mass is 9.98. The number of ether oxygens (including phenoxy) is 2. The molecule has 11 heteroatoms. The van der Waals surface area contributed by atoms with E-state index in [-0.39, 0.29) is 12.8 Å². The van der Waals surface area contributed by atoms with Crippen LogP contribution < -0.4 is 5.32 Å². The first-order valence-corrected chi connectivity index (χ1v) is 33.2. The smallest absolute Gasteiger partial charge is 0.249 e. The van der Waals surface area contributed by atoms with Gasteiger partial charge in [-0.3, -0.25) is 4.79 Å². The maximum atomic E-state index is 13.2. The third-order valence-corrected chi connectivity index (χ3v) is 15.7. The van der Waals surface area contributed by atoms with Crippen LogP contribution in [-0.2, 0) is 14.3 Å². The molecular weight excluding hydrogens is 991 g/mol. The molecule has 9 atom stereocenters. The van der Waals surface area contributed by atoms with Gasteiger partial charge in [-0.05, 0) is 96.3 Å². The summed E-state index contributed by atoms with van der Waals surface area (Å²) in [5.41, 5.74) is 0. The van der Waals surface area contributed by atoms with Crippen LogP contribution in [0.4, 0.5) is 0 Å². The van der Waals surface area contributed by atoms with Crippen LogP contribution in [0.25, 0.3) is 0 Å². The zero-order chi connectivity index (χ0) is 57.5. The Hall–Kier alpha value is -2.19. The van der Waals surface area contributed by atoms with Crippen LogP contribution in [0.3, 0.4) is 0 Å². The highest BCUT2D eigenvalue weighted by molar-refractivity contribution is 5.80. The van der Waals surface area contributed by atoms with Crippen molar-refractivity contribution in [2.24, 2.45) is 0 Å². The van der Waals surface area contributed by atoms with Gasteiger partial charge in [0.1, 0.15) is 36.6 Å². The number of hydrogen-bond acceptors (Lipinski definition) is 10. The fourth-order valence-corrected chi connectivity index (χ4v) is 10.4. The van der Waals surface area contributed by atoms with E-state index >= 15 is 0 Å². The molecule has 1 heterocycles. The van der Waals surface area contributed by atoms with Crippen molar-refractivity contribution >= 4 is 5.91 Å². The van der Waals surface area contributed by atoms with Gasteiger partial charge in [-0.2, -0.15) is 0 Å². The number of carbonyl (C=O) groups excluding carboxylic acids is 1. The van der Waals surface area contributed by atoms with Gasteiger partial charge < -0.3 is 50.5 Å². The largest absolute Gasteiger partial charge is 0.394 e. The molecule has 0 aromatic carbocycles. The molecule has 79 heavy (non-hydrogen) atoms. The van der Waals surface area contributed by atoms with E-state index in [1.165, 1.54) is 193 Å². The van der Waals surface area contributed by atoms with Gasteiger partial charge >= 0.3 is 0 Å². The Bertz CT molecular complexity index is 1470. The highest BCUT2D eigenvalue weighted by Gasteiger charge is 2.44. The molecule has 1 rings (SSSR count). The van der Waals surface area contributed by atoms with Crippen LogP contribution >= 0.6 is 0 Å². The highest BCUT2D eigenvalue weighted by Crippen LogP contribution is 2.23. The molecule has 0 aromatic heterocycles. The number of carbonyl (C=O) groups is 1. The highest BCUT2D eigenvalue weighted by atomic mass is 16.7. The topological polar surface area (TPSA) is 189 Å². The number of aliphatic hydroxyl groups excluding tert-OH is 7. The van der Waals surface area contributed by atoms with Gasteiger partial charge in [0.2, 0.25) is 5.91 Å². The number of unbranched alkanes of at least 4 members (excludes halogenated alkanes) is 35. The first kappa shape index (κ1) is 74.8. The van der Waals surface area contributed by atoms with Crippen LogP contribution in [-0.4, -0.2) is 110 Å². The van der Waals surface area contributed by atoms with E-state index in [2.05, 4.69) is 79.9 Å². The van der Waals surface area contributed by atoms with Crippen molar-refractivity contribution in [3.63, 3.8) is 0 Å². The average molecular weight is 1120 g/mol. The Morgan fingerprint density at radius 2 is 0.797 bits per heavy atom. The van der Waals surface area contributed by atoms with Crippen LogP contribution in [0, 0.1) is 0 Å². The second kappa shape index (κ2) is 56.3. The summed E-state index contributed by atoms with van der Waals surface area (Å²) >= 11 is 0. The maximum absolute atomic E-state index is 13.2. The lowest BCUT2D eigenvalue weighted by molar-refractivity contribution is -0.303. The third-order valence-electron chi connectivity index (χ3n) is 15.7. The zero-order valence-electron chi connectivity index (χ0n) is 50.9. The SMILES string of the molecule is CCCCC/C=C/CC/C=C/CC/C=C/CCCC(O)C(O)C(COC1OC(CO)C(O)C(O)C1O)NC(=O)C(O)CCCCCCCCCCCCCCCCCC/C=C\C/C=C\CCCCCCCCCCCCCCC. The van der Waals surface area contributed by atoms with Crippen molar-refractivity contribution in [1.29, 1.82) is 0 Å². The number of hydrogen-bond donors (Lipinski definition) is 8. The monoisotopic (exact) mass is 1120 g/mol. The van der Waals surface area contributed by atoms with E-state index in [4.69, 9.17) is 9.47 Å². The van der Waals surface area contributed by atoms with Gasteiger partial charge in [-0.25, -0.2) is 0 Å². The first-order chi connectivity index (χ1) is 38.7. The molecule has 1 amide bonds. The standard InChI is InChI=1S/C68H125NO10/c1-3-5-7-9-11-13-15-17-19-21-22-23-24-25-26-27-28-29-30-31-32-33-34-35-36-37-38-39-40-42-44-46-48-50-52-54-56-61(72)67(77)69-59(58-78-68-66(76)65(75)64(74)62(57-70)79-68)63(73)60(71)55-53-51-49-47-45-43-41-20-18-16-14-12-10-8-6-4-2/h12,14,20,26-27,29-30,41,47,49,59-66,68,70-76H,3-11,13,15-19,21-25,28,31-40,42-46,48,50-58H2,1-2H3,(H,69,77)/b14-12+,27-26-,30-29-,41-20+,49-47+. The number of rotatable bonds is 57. The fraction of sp³-hybridized carbons (Fsp3) is 0.838. The molecule has 0 bridgehead atoms. The molecule has 0 saturated carbocycles. The van der Waals surface area contributed by atoms with E-state index in [0.717, 1.165) is 57.8 Å². The molecule has 1 aliphatic heterocycles. The lowest BCUT2D eigenvalue weighted by Gasteiger charge is -2.40. The Morgan fingerprint density at radius 1 is 0.443 bits per heavy atom. The van der Waals surface area contributed by atoms with Gasteiger partial charge in [0.25, 0.3) is 0 Å². The maximum Gasteiger partial charge on any atom is 0.249 e. The van der Waals surface area contributed by atoms with Crippen molar-refractivity contribution in [3.05, 3.63) is 60.8 Å². The van der Waals surface area contributed by atoms with Gasteiger partial charge in [0.05, 0.1) is 25.4 Å². The minimum absolute atomic E-state index is 0.240. The molecule has 0 radical (unpaired) electrons. The van der Waals surface area contributed by atoms with Gasteiger partial charge in [-0.15, -0.1) is 0 Å². The summed E-state index contributed by atoms with van der Waals surface area (Å²) in [6, 6.07) is -1.20. The summed E-state index contributed by atoms with van der Waals surface area (Å²) in [5, 5.41) is 76.2. The summed E-state index contributed by atoms with van der Waals surface area (Å²) < 4.78 is 11.1. The Labute approximate surface area is 484 Å². The Morgan fingerprint density at radius 3 is 1.23 bits per heavy atom. The summed E-state index contributed by atoms with van der Waals surface area (Å²) in [7, 11) is 0. The molecule has 9 unspecified atom stereocenters. The molecule has 0 spiro atoms. The van der Waals surface area contributed by atoms with E-state index in [1.807, 2.05) is 0 Å². The minimum atomic E-state index is -1.67. The molecular formula is C68H125NO10. The molecule has 462 valence electrons. The predicted molar refractivity (Wildman–Crippen MR) is 330 cm³/mol. The van der Waals surface area contributed by atoms with E-state index in [0.29, 0.717) is 19.3 Å². The van der Waals surface area contributed by atoms with E-state index in [9.17, 15) is 40.5 Å². The summed E-state index contributed by atoms with van der Waals surface area (Å²) in [5.74, 6) is -0.711. The summed E-state index contributed by atoms with van der Waals surface area (Å²) in [4.78, 5) is 13.2. The number of nitrogens with one attached hydrogen (secondary N) is 1. The van der Waals surface area contributed by atoms with Crippen LogP contribution in [0.2, 0.25) is 0 Å². The first-order valence-electron chi connectivity index (χ1n) is 33.2. The molecule has 1 aliphatic rings. The Kier molecular flexibility index (Phi) is 53.3. The summed E-state index contributed by atoms with van der Waals surface area (Å²) in [6.07, 6.45) is 63.1. The molecule has 11 nitrogen and oxygen atoms in total. The second-order valence-electron chi connectivity index (χ2n) is 23.2. The normalized spacial score (nSPS) is 19.7. The van der Waals surface area contributed by atoms with Gasteiger partial charge in [0.15, 0.2) is 6.29 Å². The summed E-state index contributed by atoms with van der Waals surface area (Å²) in [6.45, 7) is 3.42. The third kappa shape index (κ3) is 44.1. The second-order valence-corrected chi connectivity index (χ2v) is 23.2. The molecule has 0 aliphatic carbocycles. The van der Waals surface area contributed by atoms with Crippen molar-refractivity contribution in [1.82, 2.24) is 5.32 Å². The van der Waals surface area contributed by atoms with Crippen LogP contribution in [0.1, 0.15) is 296 Å². The van der Waals surface area contributed by atoms with Crippen LogP contribution in [0.5, 0.6) is 0 Å². The molecule has 0 aromatic rings. The van der Waals surface area contributed by atoms with Crippen LogP contribution in [0.15, 0.2) is 60.8 Å². The number of amides is 1. The lowest BCUT2D eigenvalue weighted by Crippen LogP contribution is -2.60. The van der Waals surface area contributed by atoms with Gasteiger partial charge in [0, 0.05) is 0 Å². The predicted octanol–water partition coefficient (Wildman–Crippen LogP) is 15.4. The van der Waals surface area contributed by atoms with Crippen molar-refractivity contribution in [2.75, 3.05) is 13.2 Å². The quantitative estimate of drug-likeness (QED) is 0.0215. The van der Waals surface area contributed by atoms with Gasteiger partial charge in [-0.1, -0.05) is 261 Å². The molecule has 1 saturated heterocycles. The minimum Gasteiger partial charge on any atom is -0.394 e. The molecule has 8 N–H and O–H groups in total. The van der Waals surface area contributed by atoms with E-state index < -0.39 is 74.2 Å². The van der Waals surface area contributed by atoms with Crippen molar-refractivity contribution < 1.29 is 50.0 Å².